The lowest BCUT2D eigenvalue weighted by Gasteiger charge is -2.23. The van der Waals surface area contributed by atoms with Gasteiger partial charge in [-0.05, 0) is 35.9 Å². The number of methoxy groups -OCH3 is 5. The van der Waals surface area contributed by atoms with E-state index in [0.717, 1.165) is 0 Å². The Hall–Kier alpha value is -3.27. The highest BCUT2D eigenvalue weighted by Gasteiger charge is 2.32. The van der Waals surface area contributed by atoms with Crippen LogP contribution in [0.4, 0.5) is 0 Å². The summed E-state index contributed by atoms with van der Waals surface area (Å²) in [5.74, 6) is 1.64. The quantitative estimate of drug-likeness (QED) is 0.467. The van der Waals surface area contributed by atoms with Crippen molar-refractivity contribution < 1.29 is 38.3 Å². The molecule has 0 fully saturated rings. The molecule has 0 atom stereocenters. The van der Waals surface area contributed by atoms with E-state index in [2.05, 4.69) is 4.90 Å². The molecule has 9 nitrogen and oxygen atoms in total. The second-order valence-corrected chi connectivity index (χ2v) is 7.60. The van der Waals surface area contributed by atoms with E-state index in [1.165, 1.54) is 27.4 Å². The number of benzene rings is 2. The number of Topliss-reactive ketones (excluding diaryl/α,β-unsaturated/α-hetero) is 1. The van der Waals surface area contributed by atoms with Crippen LogP contribution in [0.1, 0.15) is 21.5 Å². The van der Waals surface area contributed by atoms with Crippen molar-refractivity contribution in [2.75, 3.05) is 61.9 Å². The highest BCUT2D eigenvalue weighted by molar-refractivity contribution is 6.15. The van der Waals surface area contributed by atoms with Crippen molar-refractivity contribution in [2.45, 2.75) is 6.54 Å². The SMILES string of the molecule is COCCN(CCOC)Cc1c(O)ccc2c1OC(=Cc1cc(OC)c(OC)c(OC)c1)C2=O. The summed E-state index contributed by atoms with van der Waals surface area (Å²) in [6, 6.07) is 6.54. The minimum absolute atomic E-state index is 0.0559. The molecular formula is C25H31NO8. The average Bonchev–Trinajstić information content (AvgIpc) is 3.16. The smallest absolute Gasteiger partial charge is 0.231 e. The zero-order chi connectivity index (χ0) is 24.7. The molecule has 2 aromatic carbocycles. The Morgan fingerprint density at radius 2 is 1.56 bits per heavy atom. The van der Waals surface area contributed by atoms with E-state index in [0.29, 0.717) is 72.5 Å². The maximum Gasteiger partial charge on any atom is 0.231 e. The fraction of sp³-hybridized carbons (Fsp3) is 0.400. The lowest BCUT2D eigenvalue weighted by atomic mass is 10.0. The van der Waals surface area contributed by atoms with Gasteiger partial charge in [0, 0.05) is 33.9 Å². The molecule has 0 saturated heterocycles. The number of rotatable bonds is 12. The zero-order valence-corrected chi connectivity index (χ0v) is 20.2. The molecule has 0 radical (unpaired) electrons. The van der Waals surface area contributed by atoms with E-state index in [4.69, 9.17) is 28.4 Å². The van der Waals surface area contributed by atoms with Crippen LogP contribution in [-0.2, 0) is 16.0 Å². The van der Waals surface area contributed by atoms with E-state index < -0.39 is 0 Å². The standard InChI is InChI=1S/C25H31NO8/c1-29-10-8-26(9-11-30-2)15-18-19(27)7-6-17-23(28)20(34-24(17)18)12-16-13-21(31-3)25(33-5)22(14-16)32-4/h6-7,12-14,27H,8-11,15H2,1-5H3. The van der Waals surface area contributed by atoms with E-state index in [9.17, 15) is 9.90 Å². The van der Waals surface area contributed by atoms with Gasteiger partial charge in [-0.3, -0.25) is 9.69 Å². The number of phenols is 1. The largest absolute Gasteiger partial charge is 0.507 e. The molecule has 0 saturated carbocycles. The molecule has 1 N–H and O–H groups in total. The number of nitrogens with zero attached hydrogens (tertiary/aromatic N) is 1. The average molecular weight is 474 g/mol. The van der Waals surface area contributed by atoms with E-state index >= 15 is 0 Å². The maximum atomic E-state index is 13.1. The summed E-state index contributed by atoms with van der Waals surface area (Å²) < 4.78 is 32.5. The van der Waals surface area contributed by atoms with E-state index in [-0.39, 0.29) is 17.3 Å². The summed E-state index contributed by atoms with van der Waals surface area (Å²) in [5.41, 5.74) is 1.56. The summed E-state index contributed by atoms with van der Waals surface area (Å²) in [7, 11) is 7.84. The first-order chi connectivity index (χ1) is 16.5. The van der Waals surface area contributed by atoms with Gasteiger partial charge in [0.15, 0.2) is 17.3 Å². The first kappa shape index (κ1) is 25.4. The topological polar surface area (TPSA) is 95.9 Å². The minimum atomic E-state index is -0.273. The Balaban J connectivity index is 1.95. The molecule has 2 aromatic rings. The first-order valence-electron chi connectivity index (χ1n) is 10.8. The van der Waals surface area contributed by atoms with Crippen LogP contribution in [0.3, 0.4) is 0 Å². The molecule has 0 aromatic heterocycles. The van der Waals surface area contributed by atoms with Crippen molar-refractivity contribution in [3.8, 4) is 28.7 Å². The van der Waals surface area contributed by atoms with Crippen molar-refractivity contribution in [3.63, 3.8) is 0 Å². The Bertz CT molecular complexity index is 1020. The predicted octanol–water partition coefficient (Wildman–Crippen LogP) is 3.13. The van der Waals surface area contributed by atoms with Crippen molar-refractivity contribution in [1.82, 2.24) is 4.90 Å². The van der Waals surface area contributed by atoms with E-state index in [1.54, 1.807) is 38.5 Å². The summed E-state index contributed by atoms with van der Waals surface area (Å²) in [5, 5.41) is 10.6. The Kier molecular flexibility index (Phi) is 8.75. The Morgan fingerprint density at radius 3 is 2.09 bits per heavy atom. The molecule has 184 valence electrons. The van der Waals surface area contributed by atoms with Gasteiger partial charge in [-0.1, -0.05) is 0 Å². The van der Waals surface area contributed by atoms with Crippen LogP contribution in [-0.4, -0.2) is 77.6 Å². The Labute approximate surface area is 199 Å². The van der Waals surface area contributed by atoms with Crippen LogP contribution < -0.4 is 18.9 Å². The van der Waals surface area contributed by atoms with Gasteiger partial charge in [0.05, 0.1) is 45.7 Å². The summed E-state index contributed by atoms with van der Waals surface area (Å²) in [6.07, 6.45) is 1.61. The number of hydrogen-bond donors (Lipinski definition) is 1. The predicted molar refractivity (Wildman–Crippen MR) is 126 cm³/mol. The third-order valence-electron chi connectivity index (χ3n) is 5.51. The van der Waals surface area contributed by atoms with Gasteiger partial charge in [0.25, 0.3) is 0 Å². The molecule has 3 rings (SSSR count). The molecule has 0 unspecified atom stereocenters. The van der Waals surface area contributed by atoms with Crippen LogP contribution in [0.15, 0.2) is 30.0 Å². The molecule has 1 aliphatic rings. The van der Waals surface area contributed by atoms with Gasteiger partial charge in [-0.2, -0.15) is 0 Å². The molecule has 0 spiro atoms. The highest BCUT2D eigenvalue weighted by Crippen LogP contribution is 2.42. The number of fused-ring (bicyclic) bond motifs is 1. The fourth-order valence-corrected chi connectivity index (χ4v) is 3.72. The van der Waals surface area contributed by atoms with Crippen LogP contribution in [0, 0.1) is 0 Å². The second-order valence-electron chi connectivity index (χ2n) is 7.60. The molecular weight excluding hydrogens is 442 g/mol. The molecule has 9 heteroatoms. The number of ether oxygens (including phenoxy) is 6. The third-order valence-corrected chi connectivity index (χ3v) is 5.51. The minimum Gasteiger partial charge on any atom is -0.507 e. The van der Waals surface area contributed by atoms with Gasteiger partial charge in [0.1, 0.15) is 11.5 Å². The van der Waals surface area contributed by atoms with Crippen LogP contribution >= 0.6 is 0 Å². The molecule has 0 bridgehead atoms. The van der Waals surface area contributed by atoms with Crippen LogP contribution in [0.25, 0.3) is 6.08 Å². The van der Waals surface area contributed by atoms with Crippen molar-refractivity contribution in [3.05, 3.63) is 46.7 Å². The normalized spacial score (nSPS) is 13.8. The molecule has 1 heterocycles. The lowest BCUT2D eigenvalue weighted by molar-refractivity contribution is 0.101. The highest BCUT2D eigenvalue weighted by atomic mass is 16.5. The summed E-state index contributed by atoms with van der Waals surface area (Å²) in [6.45, 7) is 2.67. The monoisotopic (exact) mass is 473 g/mol. The Morgan fingerprint density at radius 1 is 0.941 bits per heavy atom. The van der Waals surface area contributed by atoms with Crippen LogP contribution in [0.2, 0.25) is 0 Å². The van der Waals surface area contributed by atoms with Gasteiger partial charge >= 0.3 is 0 Å². The molecule has 0 amide bonds. The number of carbonyl (C=O) groups excluding carboxylic acids is 1. The van der Waals surface area contributed by atoms with Crippen molar-refractivity contribution >= 4 is 11.9 Å². The molecule has 34 heavy (non-hydrogen) atoms. The van der Waals surface area contributed by atoms with Crippen molar-refractivity contribution in [2.24, 2.45) is 0 Å². The second kappa shape index (κ2) is 11.7. The first-order valence-corrected chi connectivity index (χ1v) is 10.8. The molecule has 1 aliphatic heterocycles. The third kappa shape index (κ3) is 5.44. The summed E-state index contributed by atoms with van der Waals surface area (Å²) in [4.78, 5) is 15.2. The number of aromatic hydroxyl groups is 1. The van der Waals surface area contributed by atoms with Crippen molar-refractivity contribution in [1.29, 1.82) is 0 Å². The fourth-order valence-electron chi connectivity index (χ4n) is 3.72. The van der Waals surface area contributed by atoms with E-state index in [1.807, 2.05) is 0 Å². The van der Waals surface area contributed by atoms with Gasteiger partial charge in [-0.25, -0.2) is 0 Å². The number of allylic oxidation sites excluding steroid dienone is 1. The van der Waals surface area contributed by atoms with Crippen LogP contribution in [0.5, 0.6) is 28.7 Å². The maximum absolute atomic E-state index is 13.1. The summed E-state index contributed by atoms with van der Waals surface area (Å²) >= 11 is 0. The number of phenolic OH excluding ortho intramolecular Hbond substituents is 1. The lowest BCUT2D eigenvalue weighted by Crippen LogP contribution is -2.30. The van der Waals surface area contributed by atoms with Gasteiger partial charge in [0.2, 0.25) is 11.5 Å². The number of carbonyl (C=O) groups is 1. The number of ketones is 1. The van der Waals surface area contributed by atoms with Gasteiger partial charge < -0.3 is 33.5 Å². The number of hydrogen-bond acceptors (Lipinski definition) is 9. The van der Waals surface area contributed by atoms with Gasteiger partial charge in [-0.15, -0.1) is 0 Å². The molecule has 0 aliphatic carbocycles. The zero-order valence-electron chi connectivity index (χ0n) is 20.2.